The molecule has 1 aliphatic rings. The van der Waals surface area contributed by atoms with Gasteiger partial charge in [0.25, 0.3) is 0 Å². The van der Waals surface area contributed by atoms with Crippen LogP contribution >= 0.6 is 0 Å². The van der Waals surface area contributed by atoms with E-state index < -0.39 is 0 Å². The summed E-state index contributed by atoms with van der Waals surface area (Å²) in [4.78, 5) is 26.0. The van der Waals surface area contributed by atoms with Crippen LogP contribution in [-0.4, -0.2) is 41.4 Å². The quantitative estimate of drug-likeness (QED) is 0.739. The number of amides is 2. The van der Waals surface area contributed by atoms with Gasteiger partial charge in [0.1, 0.15) is 6.04 Å². The van der Waals surface area contributed by atoms with Crippen molar-refractivity contribution >= 4 is 11.8 Å². The highest BCUT2D eigenvalue weighted by Gasteiger charge is 2.35. The van der Waals surface area contributed by atoms with Gasteiger partial charge < -0.3 is 16.0 Å². The first-order valence-corrected chi connectivity index (χ1v) is 7.70. The zero-order valence-corrected chi connectivity index (χ0v) is 13.2. The molecule has 0 aliphatic carbocycles. The summed E-state index contributed by atoms with van der Waals surface area (Å²) < 4.78 is 0. The second kappa shape index (κ2) is 7.07. The Morgan fingerprint density at radius 3 is 2.40 bits per heavy atom. The van der Waals surface area contributed by atoms with E-state index in [9.17, 15) is 9.59 Å². The Kier molecular flexibility index (Phi) is 5.99. The molecule has 0 aromatic carbocycles. The highest BCUT2D eigenvalue weighted by atomic mass is 16.2. The lowest BCUT2D eigenvalue weighted by molar-refractivity contribution is -0.139. The topological polar surface area (TPSA) is 75.4 Å². The van der Waals surface area contributed by atoms with E-state index in [1.165, 1.54) is 0 Å². The van der Waals surface area contributed by atoms with E-state index in [1.54, 1.807) is 4.90 Å². The first-order chi connectivity index (χ1) is 9.34. The summed E-state index contributed by atoms with van der Waals surface area (Å²) in [6.07, 6.45) is 3.04. The van der Waals surface area contributed by atoms with E-state index in [0.29, 0.717) is 19.5 Å². The minimum atomic E-state index is -0.372. The fourth-order valence-electron chi connectivity index (χ4n) is 2.64. The highest BCUT2D eigenvalue weighted by Crippen LogP contribution is 2.19. The molecule has 0 aromatic rings. The van der Waals surface area contributed by atoms with Gasteiger partial charge in [0, 0.05) is 25.0 Å². The molecule has 1 fully saturated rings. The molecule has 3 N–H and O–H groups in total. The third-order valence-electron chi connectivity index (χ3n) is 4.37. The van der Waals surface area contributed by atoms with Gasteiger partial charge in [-0.1, -0.05) is 27.7 Å². The molecule has 1 heterocycles. The fourth-order valence-corrected chi connectivity index (χ4v) is 2.64. The van der Waals surface area contributed by atoms with Gasteiger partial charge in [-0.3, -0.25) is 9.59 Å². The largest absolute Gasteiger partial charge is 0.352 e. The Bertz CT molecular complexity index is 351. The van der Waals surface area contributed by atoms with Gasteiger partial charge in [-0.25, -0.2) is 0 Å². The monoisotopic (exact) mass is 283 g/mol. The molecule has 1 aliphatic heterocycles. The summed E-state index contributed by atoms with van der Waals surface area (Å²) in [6.45, 7) is 9.16. The summed E-state index contributed by atoms with van der Waals surface area (Å²) in [5.74, 6) is 0.114. The predicted molar refractivity (Wildman–Crippen MR) is 80.1 cm³/mol. The first kappa shape index (κ1) is 17.0. The van der Waals surface area contributed by atoms with Crippen molar-refractivity contribution in [1.82, 2.24) is 10.2 Å². The molecule has 0 saturated carbocycles. The molecule has 0 bridgehead atoms. The molecule has 0 aromatic heterocycles. The highest BCUT2D eigenvalue weighted by molar-refractivity contribution is 5.88. The Morgan fingerprint density at radius 1 is 1.40 bits per heavy atom. The van der Waals surface area contributed by atoms with Gasteiger partial charge in [-0.15, -0.1) is 0 Å². The number of nitrogens with two attached hydrogens (primary N) is 1. The van der Waals surface area contributed by atoms with Crippen LogP contribution in [0, 0.1) is 5.92 Å². The number of rotatable bonds is 7. The normalized spacial score (nSPS) is 17.7. The van der Waals surface area contributed by atoms with Gasteiger partial charge in [-0.05, 0) is 25.2 Å². The number of carbonyl (C=O) groups excluding carboxylic acids is 2. The Morgan fingerprint density at radius 2 is 2.00 bits per heavy atom. The average Bonchev–Trinajstić information content (AvgIpc) is 2.82. The van der Waals surface area contributed by atoms with E-state index in [0.717, 1.165) is 19.3 Å². The maximum absolute atomic E-state index is 12.4. The summed E-state index contributed by atoms with van der Waals surface area (Å²) in [6, 6.07) is -0.372. The molecule has 116 valence electrons. The van der Waals surface area contributed by atoms with Crippen molar-refractivity contribution in [2.75, 3.05) is 13.1 Å². The van der Waals surface area contributed by atoms with Crippen LogP contribution in [0.1, 0.15) is 53.4 Å². The van der Waals surface area contributed by atoms with Crippen molar-refractivity contribution in [2.45, 2.75) is 65.0 Å². The molecule has 20 heavy (non-hydrogen) atoms. The van der Waals surface area contributed by atoms with E-state index in [2.05, 4.69) is 5.32 Å². The lowest BCUT2D eigenvalue weighted by Crippen LogP contribution is -2.55. The fraction of sp³-hybridized carbons (Fsp3) is 0.867. The summed E-state index contributed by atoms with van der Waals surface area (Å²) in [7, 11) is 0. The number of hydrogen-bond donors (Lipinski definition) is 2. The van der Waals surface area contributed by atoms with E-state index in [1.807, 2.05) is 27.7 Å². The van der Waals surface area contributed by atoms with Gasteiger partial charge in [-0.2, -0.15) is 0 Å². The smallest absolute Gasteiger partial charge is 0.243 e. The minimum Gasteiger partial charge on any atom is -0.352 e. The molecule has 5 nitrogen and oxygen atoms in total. The Labute approximate surface area is 122 Å². The summed E-state index contributed by atoms with van der Waals surface area (Å²) in [5.41, 5.74) is 5.85. The van der Waals surface area contributed by atoms with Gasteiger partial charge in [0.15, 0.2) is 0 Å². The third-order valence-corrected chi connectivity index (χ3v) is 4.37. The maximum atomic E-state index is 12.4. The van der Waals surface area contributed by atoms with Crippen molar-refractivity contribution in [3.05, 3.63) is 0 Å². The standard InChI is InChI=1S/C15H29N3O2/c1-5-15(16,6-2)10-17-14(20)13(11(3)4)18-9-7-8-12(18)19/h11,13H,5-10,16H2,1-4H3,(H,17,20). The zero-order valence-electron chi connectivity index (χ0n) is 13.2. The molecule has 1 saturated heterocycles. The lowest BCUT2D eigenvalue weighted by Gasteiger charge is -2.32. The van der Waals surface area contributed by atoms with Crippen molar-refractivity contribution < 1.29 is 9.59 Å². The second-order valence-corrected chi connectivity index (χ2v) is 6.17. The average molecular weight is 283 g/mol. The number of nitrogens with one attached hydrogen (secondary N) is 1. The maximum Gasteiger partial charge on any atom is 0.243 e. The van der Waals surface area contributed by atoms with Crippen LogP contribution < -0.4 is 11.1 Å². The van der Waals surface area contributed by atoms with E-state index >= 15 is 0 Å². The molecule has 2 amide bonds. The molecular weight excluding hydrogens is 254 g/mol. The molecule has 5 heteroatoms. The molecule has 1 unspecified atom stereocenters. The summed E-state index contributed by atoms with van der Waals surface area (Å²) >= 11 is 0. The number of nitrogens with zero attached hydrogens (tertiary/aromatic N) is 1. The Balaban J connectivity index is 2.68. The van der Waals surface area contributed by atoms with Crippen molar-refractivity contribution in [3.8, 4) is 0 Å². The number of likely N-dealkylation sites (tertiary alicyclic amines) is 1. The molecular formula is C15H29N3O2. The third kappa shape index (κ3) is 3.95. The van der Waals surface area contributed by atoms with Crippen LogP contribution in [0.5, 0.6) is 0 Å². The predicted octanol–water partition coefficient (Wildman–Crippen LogP) is 1.27. The summed E-state index contributed by atoms with van der Waals surface area (Å²) in [5, 5.41) is 2.95. The van der Waals surface area contributed by atoms with Crippen molar-refractivity contribution in [3.63, 3.8) is 0 Å². The number of carbonyl (C=O) groups is 2. The van der Waals surface area contributed by atoms with Crippen LogP contribution in [0.25, 0.3) is 0 Å². The van der Waals surface area contributed by atoms with Crippen molar-refractivity contribution in [2.24, 2.45) is 11.7 Å². The second-order valence-electron chi connectivity index (χ2n) is 6.17. The zero-order chi connectivity index (χ0) is 15.3. The molecule has 0 spiro atoms. The van der Waals surface area contributed by atoms with E-state index in [-0.39, 0.29) is 29.3 Å². The van der Waals surface area contributed by atoms with Gasteiger partial charge >= 0.3 is 0 Å². The van der Waals surface area contributed by atoms with Gasteiger partial charge in [0.2, 0.25) is 11.8 Å². The van der Waals surface area contributed by atoms with Gasteiger partial charge in [0.05, 0.1) is 0 Å². The number of hydrogen-bond acceptors (Lipinski definition) is 3. The molecule has 0 radical (unpaired) electrons. The van der Waals surface area contributed by atoms with E-state index in [4.69, 9.17) is 5.73 Å². The van der Waals surface area contributed by atoms with Crippen molar-refractivity contribution in [1.29, 1.82) is 0 Å². The van der Waals surface area contributed by atoms with Crippen LogP contribution in [0.15, 0.2) is 0 Å². The van der Waals surface area contributed by atoms with Crippen LogP contribution in [0.4, 0.5) is 0 Å². The van der Waals surface area contributed by atoms with Crippen LogP contribution in [0.2, 0.25) is 0 Å². The SMILES string of the molecule is CCC(N)(CC)CNC(=O)C(C(C)C)N1CCCC1=O. The minimum absolute atomic E-state index is 0.0769. The first-order valence-electron chi connectivity index (χ1n) is 7.70. The van der Waals surface area contributed by atoms with Crippen LogP contribution in [-0.2, 0) is 9.59 Å². The lowest BCUT2D eigenvalue weighted by atomic mass is 9.93. The molecule has 1 rings (SSSR count). The molecule has 1 atom stereocenters. The Hall–Kier alpha value is -1.10. The van der Waals surface area contributed by atoms with Crippen LogP contribution in [0.3, 0.4) is 0 Å².